The zero-order chi connectivity index (χ0) is 15.2. The van der Waals surface area contributed by atoms with E-state index in [0.717, 1.165) is 30.2 Å². The largest absolute Gasteiger partial charge is 0.352 e. The smallest absolute Gasteiger partial charge is 0.237 e. The average Bonchev–Trinajstić information content (AvgIpc) is 2.48. The Kier molecular flexibility index (Phi) is 5.80. The van der Waals surface area contributed by atoms with Crippen molar-refractivity contribution < 1.29 is 4.79 Å². The van der Waals surface area contributed by atoms with Crippen molar-refractivity contribution in [2.24, 2.45) is 17.6 Å². The Morgan fingerprint density at radius 1 is 1.19 bits per heavy atom. The monoisotopic (exact) mass is 288 g/mol. The van der Waals surface area contributed by atoms with Gasteiger partial charge in [-0.15, -0.1) is 0 Å². The summed E-state index contributed by atoms with van der Waals surface area (Å²) in [6.45, 7) is 4.58. The fourth-order valence-corrected chi connectivity index (χ4v) is 3.20. The van der Waals surface area contributed by atoms with Gasteiger partial charge in [-0.3, -0.25) is 4.79 Å². The van der Waals surface area contributed by atoms with E-state index < -0.39 is 6.04 Å². The van der Waals surface area contributed by atoms with Crippen molar-refractivity contribution in [3.05, 3.63) is 35.9 Å². The third-order valence-electron chi connectivity index (χ3n) is 4.70. The van der Waals surface area contributed by atoms with Crippen molar-refractivity contribution in [2.75, 3.05) is 0 Å². The summed E-state index contributed by atoms with van der Waals surface area (Å²) in [6, 6.07) is 9.83. The first-order valence-electron chi connectivity index (χ1n) is 8.16. The lowest BCUT2D eigenvalue weighted by molar-refractivity contribution is -0.123. The molecular weight excluding hydrogens is 260 g/mol. The van der Waals surface area contributed by atoms with E-state index in [1.165, 1.54) is 12.8 Å². The molecule has 0 aliphatic heterocycles. The van der Waals surface area contributed by atoms with Gasteiger partial charge < -0.3 is 11.1 Å². The number of rotatable bonds is 5. The molecule has 3 heteroatoms. The van der Waals surface area contributed by atoms with E-state index in [1.807, 2.05) is 30.3 Å². The fraction of sp³-hybridized carbons (Fsp3) is 0.611. The lowest BCUT2D eigenvalue weighted by atomic mass is 9.79. The third kappa shape index (κ3) is 4.85. The van der Waals surface area contributed by atoms with Crippen LogP contribution in [0.2, 0.25) is 0 Å². The number of nitrogens with one attached hydrogen (secondary N) is 1. The van der Waals surface area contributed by atoms with Crippen LogP contribution < -0.4 is 11.1 Å². The van der Waals surface area contributed by atoms with Gasteiger partial charge in [-0.05, 0) is 49.5 Å². The minimum atomic E-state index is -0.449. The van der Waals surface area contributed by atoms with Crippen LogP contribution in [-0.4, -0.2) is 18.0 Å². The Labute approximate surface area is 128 Å². The first-order valence-corrected chi connectivity index (χ1v) is 8.16. The Hall–Kier alpha value is -1.35. The van der Waals surface area contributed by atoms with Crippen LogP contribution in [0.3, 0.4) is 0 Å². The SMILES string of the molecule is CC(C)C1CCC(NC(=O)[C@@H](N)Cc2ccccc2)CC1. The number of carbonyl (C=O) groups is 1. The average molecular weight is 288 g/mol. The molecule has 0 radical (unpaired) electrons. The Bertz CT molecular complexity index is 436. The van der Waals surface area contributed by atoms with Crippen molar-refractivity contribution in [1.82, 2.24) is 5.32 Å². The molecule has 1 amide bonds. The summed E-state index contributed by atoms with van der Waals surface area (Å²) in [4.78, 5) is 12.2. The van der Waals surface area contributed by atoms with Gasteiger partial charge in [0.1, 0.15) is 0 Å². The molecule has 1 atom stereocenters. The van der Waals surface area contributed by atoms with Crippen LogP contribution in [0.1, 0.15) is 45.1 Å². The summed E-state index contributed by atoms with van der Waals surface area (Å²) in [6.07, 6.45) is 5.22. The Morgan fingerprint density at radius 3 is 2.38 bits per heavy atom. The topological polar surface area (TPSA) is 55.1 Å². The summed E-state index contributed by atoms with van der Waals surface area (Å²) in [5, 5.41) is 3.13. The first kappa shape index (κ1) is 16.0. The number of nitrogens with two attached hydrogens (primary N) is 1. The van der Waals surface area contributed by atoms with Gasteiger partial charge in [0.2, 0.25) is 5.91 Å². The van der Waals surface area contributed by atoms with Crippen molar-refractivity contribution >= 4 is 5.91 Å². The van der Waals surface area contributed by atoms with Crippen LogP contribution in [-0.2, 0) is 11.2 Å². The minimum absolute atomic E-state index is 0.00755. The molecule has 21 heavy (non-hydrogen) atoms. The Balaban J connectivity index is 1.77. The zero-order valence-electron chi connectivity index (χ0n) is 13.2. The summed E-state index contributed by atoms with van der Waals surface area (Å²) in [5.41, 5.74) is 7.14. The fourth-order valence-electron chi connectivity index (χ4n) is 3.20. The molecule has 1 aliphatic carbocycles. The van der Waals surface area contributed by atoms with Gasteiger partial charge in [0.15, 0.2) is 0 Å². The van der Waals surface area contributed by atoms with E-state index in [4.69, 9.17) is 5.73 Å². The summed E-state index contributed by atoms with van der Waals surface area (Å²) in [7, 11) is 0. The number of carbonyl (C=O) groups excluding carboxylic acids is 1. The maximum Gasteiger partial charge on any atom is 0.237 e. The van der Waals surface area contributed by atoms with Gasteiger partial charge in [0.25, 0.3) is 0 Å². The predicted octanol–water partition coefficient (Wildman–Crippen LogP) is 2.89. The summed E-state index contributed by atoms with van der Waals surface area (Å²) < 4.78 is 0. The molecule has 0 aromatic heterocycles. The number of hydrogen-bond donors (Lipinski definition) is 2. The van der Waals surface area contributed by atoms with Crippen LogP contribution in [0.25, 0.3) is 0 Å². The first-order chi connectivity index (χ1) is 10.1. The van der Waals surface area contributed by atoms with Gasteiger partial charge in [0.05, 0.1) is 6.04 Å². The molecule has 0 unspecified atom stereocenters. The Morgan fingerprint density at radius 2 is 1.81 bits per heavy atom. The van der Waals surface area contributed by atoms with Gasteiger partial charge in [-0.1, -0.05) is 44.2 Å². The highest BCUT2D eigenvalue weighted by molar-refractivity contribution is 5.82. The van der Waals surface area contributed by atoms with Crippen molar-refractivity contribution in [1.29, 1.82) is 0 Å². The van der Waals surface area contributed by atoms with E-state index in [2.05, 4.69) is 19.2 Å². The quantitative estimate of drug-likeness (QED) is 0.875. The van der Waals surface area contributed by atoms with E-state index in [1.54, 1.807) is 0 Å². The molecule has 1 aromatic carbocycles. The normalized spacial score (nSPS) is 23.8. The second-order valence-electron chi connectivity index (χ2n) is 6.66. The zero-order valence-corrected chi connectivity index (χ0v) is 13.2. The molecule has 3 nitrogen and oxygen atoms in total. The summed E-state index contributed by atoms with van der Waals surface area (Å²) >= 11 is 0. The van der Waals surface area contributed by atoms with Gasteiger partial charge in [-0.2, -0.15) is 0 Å². The molecule has 1 fully saturated rings. The van der Waals surface area contributed by atoms with E-state index in [-0.39, 0.29) is 5.91 Å². The van der Waals surface area contributed by atoms with Gasteiger partial charge in [0, 0.05) is 6.04 Å². The van der Waals surface area contributed by atoms with Gasteiger partial charge in [-0.25, -0.2) is 0 Å². The van der Waals surface area contributed by atoms with Crippen molar-refractivity contribution in [3.8, 4) is 0 Å². The molecule has 116 valence electrons. The molecular formula is C18H28N2O. The van der Waals surface area contributed by atoms with E-state index in [9.17, 15) is 4.79 Å². The van der Waals surface area contributed by atoms with E-state index >= 15 is 0 Å². The third-order valence-corrected chi connectivity index (χ3v) is 4.70. The number of benzene rings is 1. The maximum atomic E-state index is 12.2. The highest BCUT2D eigenvalue weighted by atomic mass is 16.2. The van der Waals surface area contributed by atoms with Gasteiger partial charge >= 0.3 is 0 Å². The van der Waals surface area contributed by atoms with E-state index in [0.29, 0.717) is 12.5 Å². The predicted molar refractivity (Wildman–Crippen MR) is 86.8 cm³/mol. The molecule has 0 saturated heterocycles. The molecule has 1 saturated carbocycles. The molecule has 3 N–H and O–H groups in total. The van der Waals surface area contributed by atoms with Crippen molar-refractivity contribution in [3.63, 3.8) is 0 Å². The van der Waals surface area contributed by atoms with Crippen LogP contribution in [0.5, 0.6) is 0 Å². The molecule has 2 rings (SSSR count). The molecule has 0 heterocycles. The standard InChI is InChI=1S/C18H28N2O/c1-13(2)15-8-10-16(11-9-15)20-18(21)17(19)12-14-6-4-3-5-7-14/h3-7,13,15-17H,8-12,19H2,1-2H3,(H,20,21)/t15?,16?,17-/m0/s1. The lowest BCUT2D eigenvalue weighted by Gasteiger charge is -2.31. The lowest BCUT2D eigenvalue weighted by Crippen LogP contribution is -2.47. The molecule has 0 bridgehead atoms. The van der Waals surface area contributed by atoms with Crippen LogP contribution in [0.15, 0.2) is 30.3 Å². The minimum Gasteiger partial charge on any atom is -0.352 e. The highest BCUT2D eigenvalue weighted by Crippen LogP contribution is 2.29. The molecule has 0 spiro atoms. The highest BCUT2D eigenvalue weighted by Gasteiger charge is 2.25. The number of amides is 1. The maximum absolute atomic E-state index is 12.2. The van der Waals surface area contributed by atoms with Crippen LogP contribution in [0.4, 0.5) is 0 Å². The second-order valence-corrected chi connectivity index (χ2v) is 6.66. The second kappa shape index (κ2) is 7.60. The van der Waals surface area contributed by atoms with Crippen LogP contribution in [0, 0.1) is 11.8 Å². The molecule has 1 aromatic rings. The van der Waals surface area contributed by atoms with Crippen molar-refractivity contribution in [2.45, 2.75) is 58.0 Å². The molecule has 1 aliphatic rings. The van der Waals surface area contributed by atoms with Crippen LogP contribution >= 0.6 is 0 Å². The summed E-state index contributed by atoms with van der Waals surface area (Å²) in [5.74, 6) is 1.56. The number of hydrogen-bond acceptors (Lipinski definition) is 2.